The zero-order chi connectivity index (χ0) is 22.4. The molecule has 2 aromatic carbocycles. The van der Waals surface area contributed by atoms with Crippen molar-refractivity contribution in [3.63, 3.8) is 0 Å². The molecule has 0 radical (unpaired) electrons. The fraction of sp³-hybridized carbons (Fsp3) is 0.136. The van der Waals surface area contributed by atoms with E-state index in [2.05, 4.69) is 30.2 Å². The van der Waals surface area contributed by atoms with Crippen LogP contribution in [-0.2, 0) is 0 Å². The fourth-order valence-electron chi connectivity index (χ4n) is 3.77. The number of para-hydroxylation sites is 1. The first-order chi connectivity index (χ1) is 15.5. The predicted octanol–water partition coefficient (Wildman–Crippen LogP) is 3.81. The van der Waals surface area contributed by atoms with Gasteiger partial charge in [0.05, 0.1) is 23.3 Å². The van der Waals surface area contributed by atoms with Crippen LogP contribution >= 0.6 is 0 Å². The number of aromatic nitrogens is 6. The number of nitrogens with zero attached hydrogens (tertiary/aromatic N) is 5. The number of benzene rings is 2. The van der Waals surface area contributed by atoms with Crippen molar-refractivity contribution < 1.29 is 8.78 Å². The Bertz CT molecular complexity index is 1520. The van der Waals surface area contributed by atoms with Crippen LogP contribution in [0.25, 0.3) is 27.8 Å². The van der Waals surface area contributed by atoms with Crippen molar-refractivity contribution in [2.75, 3.05) is 5.32 Å². The minimum Gasteiger partial charge on any atom is -0.358 e. The Labute approximate surface area is 180 Å². The van der Waals surface area contributed by atoms with Crippen LogP contribution in [0.3, 0.4) is 0 Å². The number of H-pyrrole nitrogens is 1. The highest BCUT2D eigenvalue weighted by Crippen LogP contribution is 2.26. The monoisotopic (exact) mass is 433 g/mol. The van der Waals surface area contributed by atoms with E-state index < -0.39 is 28.9 Å². The highest BCUT2D eigenvalue weighted by atomic mass is 19.1. The Kier molecular flexibility index (Phi) is 4.62. The number of imidazole rings is 1. The third-order valence-electron chi connectivity index (χ3n) is 5.26. The molecule has 32 heavy (non-hydrogen) atoms. The highest BCUT2D eigenvalue weighted by molar-refractivity contribution is 5.83. The Morgan fingerprint density at radius 2 is 1.81 bits per heavy atom. The van der Waals surface area contributed by atoms with Crippen molar-refractivity contribution in [1.29, 1.82) is 0 Å². The van der Waals surface area contributed by atoms with Crippen LogP contribution in [0.15, 0.2) is 53.8 Å². The molecule has 0 saturated heterocycles. The van der Waals surface area contributed by atoms with Gasteiger partial charge in [-0.1, -0.05) is 18.2 Å². The molecule has 0 aliphatic carbocycles. The number of aromatic amines is 1. The van der Waals surface area contributed by atoms with Crippen LogP contribution in [0.1, 0.15) is 24.4 Å². The minimum absolute atomic E-state index is 0.128. The van der Waals surface area contributed by atoms with Crippen LogP contribution < -0.4 is 10.9 Å². The molecule has 0 saturated carbocycles. The smallest absolute Gasteiger partial charge is 0.266 e. The lowest BCUT2D eigenvalue weighted by Crippen LogP contribution is -2.29. The van der Waals surface area contributed by atoms with Crippen molar-refractivity contribution in [3.8, 4) is 5.69 Å². The first-order valence-electron chi connectivity index (χ1n) is 9.83. The second-order valence-electron chi connectivity index (χ2n) is 7.34. The van der Waals surface area contributed by atoms with E-state index in [-0.39, 0.29) is 5.82 Å². The summed E-state index contributed by atoms with van der Waals surface area (Å²) in [5, 5.41) is 3.45. The first kappa shape index (κ1) is 19.7. The van der Waals surface area contributed by atoms with Gasteiger partial charge in [-0.15, -0.1) is 0 Å². The largest absolute Gasteiger partial charge is 0.358 e. The summed E-state index contributed by atoms with van der Waals surface area (Å²) in [5.41, 5.74) is 1.06. The number of fused-ring (bicyclic) bond motifs is 2. The van der Waals surface area contributed by atoms with E-state index in [0.717, 1.165) is 16.7 Å². The van der Waals surface area contributed by atoms with Crippen LogP contribution in [0.2, 0.25) is 0 Å². The Morgan fingerprint density at radius 3 is 2.59 bits per heavy atom. The second-order valence-corrected chi connectivity index (χ2v) is 7.34. The van der Waals surface area contributed by atoms with Gasteiger partial charge in [0.1, 0.15) is 35.0 Å². The maximum absolute atomic E-state index is 14.8. The average Bonchev–Trinajstić information content (AvgIpc) is 3.24. The van der Waals surface area contributed by atoms with Crippen molar-refractivity contribution in [2.45, 2.75) is 19.9 Å². The normalized spacial score (nSPS) is 12.4. The summed E-state index contributed by atoms with van der Waals surface area (Å²) in [7, 11) is 0. The van der Waals surface area contributed by atoms with Gasteiger partial charge in [-0.25, -0.2) is 28.7 Å². The number of hydrogen-bond acceptors (Lipinski definition) is 6. The van der Waals surface area contributed by atoms with E-state index >= 15 is 0 Å². The summed E-state index contributed by atoms with van der Waals surface area (Å²) < 4.78 is 30.5. The summed E-state index contributed by atoms with van der Waals surface area (Å²) in [4.78, 5) is 33.5. The quantitative estimate of drug-likeness (QED) is 0.447. The molecular weight excluding hydrogens is 416 g/mol. The second kappa shape index (κ2) is 7.49. The fourth-order valence-corrected chi connectivity index (χ4v) is 3.77. The summed E-state index contributed by atoms with van der Waals surface area (Å²) in [6, 6.07) is 8.02. The maximum Gasteiger partial charge on any atom is 0.266 e. The molecule has 8 nitrogen and oxygen atoms in total. The van der Waals surface area contributed by atoms with Crippen LogP contribution in [-0.4, -0.2) is 29.5 Å². The lowest BCUT2D eigenvalue weighted by Gasteiger charge is -2.21. The molecule has 160 valence electrons. The molecule has 0 fully saturated rings. The lowest BCUT2D eigenvalue weighted by molar-refractivity contribution is 0.558. The van der Waals surface area contributed by atoms with Gasteiger partial charge < -0.3 is 10.3 Å². The number of nitrogens with one attached hydrogen (secondary N) is 2. The van der Waals surface area contributed by atoms with E-state index in [0.29, 0.717) is 33.4 Å². The maximum atomic E-state index is 14.8. The average molecular weight is 433 g/mol. The standard InChI is InChI=1S/C22H17F2N7O/c1-11-5-3-8-15-16(11)22(32)31(18-13(23)6-4-7-14(18)24)21(30-15)12(2)29-20-17-19(26-9-25-17)27-10-28-20/h3-10,12H,1-2H3,(H2,25,26,27,28,29). The summed E-state index contributed by atoms with van der Waals surface area (Å²) in [6.45, 7) is 3.48. The lowest BCUT2D eigenvalue weighted by atomic mass is 10.1. The molecule has 0 bridgehead atoms. The van der Waals surface area contributed by atoms with Gasteiger partial charge in [0.25, 0.3) is 5.56 Å². The predicted molar refractivity (Wildman–Crippen MR) is 116 cm³/mol. The van der Waals surface area contributed by atoms with Crippen LogP contribution in [0.4, 0.5) is 14.6 Å². The summed E-state index contributed by atoms with van der Waals surface area (Å²) in [5.74, 6) is -1.19. The van der Waals surface area contributed by atoms with E-state index in [9.17, 15) is 13.6 Å². The van der Waals surface area contributed by atoms with E-state index in [1.165, 1.54) is 18.7 Å². The summed E-state index contributed by atoms with van der Waals surface area (Å²) in [6.07, 6.45) is 2.83. The van der Waals surface area contributed by atoms with Crippen molar-refractivity contribution in [3.05, 3.63) is 82.4 Å². The summed E-state index contributed by atoms with van der Waals surface area (Å²) >= 11 is 0. The molecule has 0 aliphatic rings. The van der Waals surface area contributed by atoms with Crippen LogP contribution in [0.5, 0.6) is 0 Å². The highest BCUT2D eigenvalue weighted by Gasteiger charge is 2.24. The minimum atomic E-state index is -0.867. The van der Waals surface area contributed by atoms with Gasteiger partial charge in [0.15, 0.2) is 11.5 Å². The van der Waals surface area contributed by atoms with Gasteiger partial charge in [-0.2, -0.15) is 0 Å². The van der Waals surface area contributed by atoms with E-state index in [1.54, 1.807) is 32.0 Å². The number of rotatable bonds is 4. The molecule has 1 atom stereocenters. The van der Waals surface area contributed by atoms with E-state index in [1.807, 2.05) is 0 Å². The number of aryl methyl sites for hydroxylation is 1. The molecule has 0 amide bonds. The topological polar surface area (TPSA) is 101 Å². The Balaban J connectivity index is 1.76. The van der Waals surface area contributed by atoms with Crippen molar-refractivity contribution >= 4 is 27.9 Å². The molecule has 0 aliphatic heterocycles. The van der Waals surface area contributed by atoms with Crippen molar-refractivity contribution in [1.82, 2.24) is 29.5 Å². The molecule has 3 heterocycles. The zero-order valence-corrected chi connectivity index (χ0v) is 17.1. The van der Waals surface area contributed by atoms with Gasteiger partial charge in [0.2, 0.25) is 0 Å². The Morgan fingerprint density at radius 1 is 1.06 bits per heavy atom. The number of halogens is 2. The first-order valence-corrected chi connectivity index (χ1v) is 9.83. The Hall–Kier alpha value is -4.21. The molecule has 10 heteroatoms. The van der Waals surface area contributed by atoms with E-state index in [4.69, 9.17) is 0 Å². The molecule has 5 rings (SSSR count). The third-order valence-corrected chi connectivity index (χ3v) is 5.26. The molecule has 3 aromatic heterocycles. The van der Waals surface area contributed by atoms with Gasteiger partial charge in [-0.05, 0) is 37.6 Å². The van der Waals surface area contributed by atoms with Gasteiger partial charge >= 0.3 is 0 Å². The van der Waals surface area contributed by atoms with Crippen molar-refractivity contribution in [2.24, 2.45) is 0 Å². The van der Waals surface area contributed by atoms with Gasteiger partial charge in [-0.3, -0.25) is 9.36 Å². The van der Waals surface area contributed by atoms with Gasteiger partial charge in [0, 0.05) is 0 Å². The molecule has 2 N–H and O–H groups in total. The van der Waals surface area contributed by atoms with Crippen LogP contribution in [0, 0.1) is 18.6 Å². The molecule has 1 unspecified atom stereocenters. The zero-order valence-electron chi connectivity index (χ0n) is 17.1. The number of hydrogen-bond donors (Lipinski definition) is 2. The molecule has 0 spiro atoms. The number of anilines is 1. The third kappa shape index (κ3) is 3.08. The SMILES string of the molecule is Cc1cccc2nc(C(C)Nc3ncnc4nc[nH]c34)n(-c3c(F)cccc3F)c(=O)c12. The molecule has 5 aromatic rings. The molecular formula is C22H17F2N7O.